The minimum absolute atomic E-state index is 0.0303. The van der Waals surface area contributed by atoms with Gasteiger partial charge in [-0.05, 0) is 28.5 Å². The molecule has 0 radical (unpaired) electrons. The summed E-state index contributed by atoms with van der Waals surface area (Å²) in [5, 5.41) is 3.55. The van der Waals surface area contributed by atoms with Crippen LogP contribution in [0.5, 0.6) is 0 Å². The van der Waals surface area contributed by atoms with E-state index in [1.54, 1.807) is 16.8 Å². The number of anilines is 1. The molecule has 2 rings (SSSR count). The van der Waals surface area contributed by atoms with E-state index in [4.69, 9.17) is 5.73 Å². The second kappa shape index (κ2) is 5.24. The third kappa shape index (κ3) is 3.09. The molecule has 0 unspecified atom stereocenters. The molecule has 0 bridgehead atoms. The van der Waals surface area contributed by atoms with Crippen LogP contribution in [0.15, 0.2) is 33.9 Å². The molecule has 0 amide bonds. The van der Waals surface area contributed by atoms with E-state index < -0.39 is 32.2 Å². The van der Waals surface area contributed by atoms with Gasteiger partial charge in [0.25, 0.3) is 0 Å². The number of nitrogens with one attached hydrogen (secondary N) is 1. The molecule has 102 valence electrons. The fourth-order valence-corrected chi connectivity index (χ4v) is 3.18. The van der Waals surface area contributed by atoms with Gasteiger partial charge in [0.05, 0.1) is 5.69 Å². The molecule has 0 saturated carbocycles. The molecule has 1 aromatic heterocycles. The quantitative estimate of drug-likeness (QED) is 0.850. The first kappa shape index (κ1) is 13.9. The minimum atomic E-state index is -4.07. The van der Waals surface area contributed by atoms with Gasteiger partial charge in [0.1, 0.15) is 16.5 Å². The third-order valence-electron chi connectivity index (χ3n) is 2.39. The monoisotopic (exact) mass is 304 g/mol. The number of rotatable bonds is 4. The Morgan fingerprint density at radius 2 is 2.00 bits per heavy atom. The number of thiophene rings is 1. The van der Waals surface area contributed by atoms with Crippen LogP contribution in [0.1, 0.15) is 5.56 Å². The van der Waals surface area contributed by atoms with Gasteiger partial charge in [0, 0.05) is 12.6 Å². The van der Waals surface area contributed by atoms with Crippen LogP contribution in [0.25, 0.3) is 0 Å². The van der Waals surface area contributed by atoms with Gasteiger partial charge in [-0.2, -0.15) is 11.3 Å². The van der Waals surface area contributed by atoms with E-state index in [1.807, 2.05) is 0 Å². The maximum atomic E-state index is 13.5. The lowest BCUT2D eigenvalue weighted by Crippen LogP contribution is -2.24. The zero-order valence-corrected chi connectivity index (χ0v) is 11.2. The highest BCUT2D eigenvalue weighted by Crippen LogP contribution is 2.21. The van der Waals surface area contributed by atoms with E-state index in [1.165, 1.54) is 11.3 Å². The number of benzene rings is 1. The van der Waals surface area contributed by atoms with Crippen molar-refractivity contribution in [3.05, 3.63) is 46.2 Å². The topological polar surface area (TPSA) is 72.2 Å². The summed E-state index contributed by atoms with van der Waals surface area (Å²) in [5.74, 6) is -2.17. The molecule has 2 aromatic rings. The zero-order chi connectivity index (χ0) is 14.0. The molecule has 0 aliphatic carbocycles. The van der Waals surface area contributed by atoms with Gasteiger partial charge in [-0.25, -0.2) is 21.9 Å². The number of nitrogen functional groups attached to an aromatic ring is 1. The second-order valence-electron chi connectivity index (χ2n) is 3.76. The molecule has 1 aromatic carbocycles. The normalized spacial score (nSPS) is 11.7. The summed E-state index contributed by atoms with van der Waals surface area (Å²) in [5.41, 5.74) is 5.58. The van der Waals surface area contributed by atoms with Gasteiger partial charge < -0.3 is 5.73 Å². The highest BCUT2D eigenvalue weighted by molar-refractivity contribution is 7.89. The van der Waals surface area contributed by atoms with E-state index >= 15 is 0 Å². The predicted molar refractivity (Wildman–Crippen MR) is 69.1 cm³/mol. The van der Waals surface area contributed by atoms with Crippen molar-refractivity contribution in [1.29, 1.82) is 0 Å². The van der Waals surface area contributed by atoms with Crippen LogP contribution < -0.4 is 10.5 Å². The molecule has 0 saturated heterocycles. The molecule has 1 heterocycles. The summed E-state index contributed by atoms with van der Waals surface area (Å²) in [6.45, 7) is 0.0303. The van der Waals surface area contributed by atoms with E-state index in [-0.39, 0.29) is 6.54 Å². The van der Waals surface area contributed by atoms with Crippen molar-refractivity contribution in [1.82, 2.24) is 4.72 Å². The fourth-order valence-electron chi connectivity index (χ4n) is 1.40. The Labute approximate surface area is 112 Å². The van der Waals surface area contributed by atoms with Crippen LogP contribution in [0.4, 0.5) is 14.5 Å². The lowest BCUT2D eigenvalue weighted by molar-refractivity contribution is 0.544. The van der Waals surface area contributed by atoms with E-state index in [2.05, 4.69) is 4.72 Å². The molecule has 0 spiro atoms. The Morgan fingerprint density at radius 3 is 2.63 bits per heavy atom. The molecule has 0 fully saturated rings. The Bertz CT molecular complexity index is 685. The van der Waals surface area contributed by atoms with Gasteiger partial charge in [-0.3, -0.25) is 0 Å². The van der Waals surface area contributed by atoms with Crippen LogP contribution in [0.3, 0.4) is 0 Å². The number of hydrogen-bond acceptors (Lipinski definition) is 4. The van der Waals surface area contributed by atoms with Gasteiger partial charge in [-0.15, -0.1) is 0 Å². The van der Waals surface area contributed by atoms with Crippen molar-refractivity contribution >= 4 is 27.0 Å². The van der Waals surface area contributed by atoms with Crippen LogP contribution >= 0.6 is 11.3 Å². The summed E-state index contributed by atoms with van der Waals surface area (Å²) >= 11 is 1.42. The first-order chi connectivity index (χ1) is 8.90. The minimum Gasteiger partial charge on any atom is -0.396 e. The number of sulfonamides is 1. The molecule has 8 heteroatoms. The summed E-state index contributed by atoms with van der Waals surface area (Å²) in [6.07, 6.45) is 0. The van der Waals surface area contributed by atoms with Gasteiger partial charge in [0.2, 0.25) is 10.0 Å². The van der Waals surface area contributed by atoms with Gasteiger partial charge >= 0.3 is 0 Å². The smallest absolute Gasteiger partial charge is 0.243 e. The molecular formula is C11H10F2N2O2S2. The lowest BCUT2D eigenvalue weighted by Gasteiger charge is -2.08. The predicted octanol–water partition coefficient (Wildman–Crippen LogP) is 2.09. The summed E-state index contributed by atoms with van der Waals surface area (Å²) < 4.78 is 52.5. The molecule has 4 nitrogen and oxygen atoms in total. The van der Waals surface area contributed by atoms with Crippen LogP contribution in [-0.4, -0.2) is 8.42 Å². The van der Waals surface area contributed by atoms with Crippen molar-refractivity contribution in [2.45, 2.75) is 11.4 Å². The average Bonchev–Trinajstić information content (AvgIpc) is 2.84. The summed E-state index contributed by atoms with van der Waals surface area (Å²) in [4.78, 5) is -0.665. The van der Waals surface area contributed by atoms with Gasteiger partial charge in [-0.1, -0.05) is 0 Å². The Kier molecular flexibility index (Phi) is 3.83. The highest BCUT2D eigenvalue weighted by Gasteiger charge is 2.21. The fraction of sp³-hybridized carbons (Fsp3) is 0.0909. The lowest BCUT2D eigenvalue weighted by atomic mass is 10.3. The molecule has 19 heavy (non-hydrogen) atoms. The van der Waals surface area contributed by atoms with E-state index in [9.17, 15) is 17.2 Å². The van der Waals surface area contributed by atoms with Crippen molar-refractivity contribution in [2.24, 2.45) is 0 Å². The van der Waals surface area contributed by atoms with Crippen molar-refractivity contribution < 1.29 is 17.2 Å². The first-order valence-electron chi connectivity index (χ1n) is 5.15. The van der Waals surface area contributed by atoms with E-state index in [0.717, 1.165) is 11.6 Å². The second-order valence-corrected chi connectivity index (χ2v) is 6.28. The maximum Gasteiger partial charge on any atom is 0.243 e. The van der Waals surface area contributed by atoms with Crippen molar-refractivity contribution in [3.63, 3.8) is 0 Å². The summed E-state index contributed by atoms with van der Waals surface area (Å²) in [6, 6.07) is 2.96. The average molecular weight is 304 g/mol. The SMILES string of the molecule is Nc1cc(S(=O)(=O)NCc2ccsc2)c(F)cc1F. The third-order valence-corrected chi connectivity index (χ3v) is 4.54. The number of halogens is 2. The number of nitrogens with two attached hydrogens (primary N) is 1. The van der Waals surface area contributed by atoms with Crippen LogP contribution in [-0.2, 0) is 16.6 Å². The maximum absolute atomic E-state index is 13.5. The molecular weight excluding hydrogens is 294 g/mol. The summed E-state index contributed by atoms with van der Waals surface area (Å²) in [7, 11) is -4.07. The first-order valence-corrected chi connectivity index (χ1v) is 7.58. The number of hydrogen-bond donors (Lipinski definition) is 2. The standard InChI is InChI=1S/C11H10F2N2O2S2/c12-8-3-9(13)11(4-10(8)14)19(16,17)15-5-7-1-2-18-6-7/h1-4,6,15H,5,14H2. The molecule has 3 N–H and O–H groups in total. The van der Waals surface area contributed by atoms with Crippen LogP contribution in [0.2, 0.25) is 0 Å². The Balaban J connectivity index is 2.27. The molecule has 0 aliphatic rings. The Morgan fingerprint density at radius 1 is 1.26 bits per heavy atom. The van der Waals surface area contributed by atoms with Gasteiger partial charge in [0.15, 0.2) is 0 Å². The largest absolute Gasteiger partial charge is 0.396 e. The Hall–Kier alpha value is -1.51. The zero-order valence-electron chi connectivity index (χ0n) is 9.56. The van der Waals surface area contributed by atoms with Crippen molar-refractivity contribution in [3.8, 4) is 0 Å². The molecule has 0 aliphatic heterocycles. The van der Waals surface area contributed by atoms with Crippen LogP contribution in [0, 0.1) is 11.6 Å². The van der Waals surface area contributed by atoms with Crippen molar-refractivity contribution in [2.75, 3.05) is 5.73 Å². The molecule has 0 atom stereocenters. The highest BCUT2D eigenvalue weighted by atomic mass is 32.2. The van der Waals surface area contributed by atoms with E-state index in [0.29, 0.717) is 6.07 Å².